The van der Waals surface area contributed by atoms with E-state index in [1.807, 2.05) is 38.2 Å². The molecule has 3 rings (SSSR count). The van der Waals surface area contributed by atoms with Crippen molar-refractivity contribution in [3.05, 3.63) is 70.9 Å². The molecule has 0 saturated heterocycles. The molecule has 0 aliphatic carbocycles. The van der Waals surface area contributed by atoms with Crippen molar-refractivity contribution in [3.63, 3.8) is 0 Å². The largest absolute Gasteiger partial charge is 0.489 e. The summed E-state index contributed by atoms with van der Waals surface area (Å²) in [6.07, 6.45) is 2.77. The fraction of sp³-hybridized carbons (Fsp3) is 0.227. The quantitative estimate of drug-likeness (QED) is 0.304. The fourth-order valence-electron chi connectivity index (χ4n) is 3.14. The van der Waals surface area contributed by atoms with Gasteiger partial charge in [-0.1, -0.05) is 36.4 Å². The smallest absolute Gasteiger partial charge is 0.245 e. The first-order chi connectivity index (χ1) is 13.9. The van der Waals surface area contributed by atoms with Crippen LogP contribution >= 0.6 is 11.6 Å². The third-order valence-corrected chi connectivity index (χ3v) is 4.71. The first-order valence-corrected chi connectivity index (χ1v) is 9.72. The van der Waals surface area contributed by atoms with Crippen molar-refractivity contribution in [1.82, 2.24) is 4.98 Å². The Kier molecular flexibility index (Phi) is 6.59. The second-order valence-electron chi connectivity index (χ2n) is 6.87. The van der Waals surface area contributed by atoms with Crippen molar-refractivity contribution in [1.29, 1.82) is 0 Å². The molecular formula is C22H25ClN4O2. The highest BCUT2D eigenvalue weighted by Crippen LogP contribution is 2.29. The molecule has 0 unspecified atom stereocenters. The van der Waals surface area contributed by atoms with E-state index in [4.69, 9.17) is 32.8 Å². The standard InChI is InChI=1S/C22H25ClN4O2/c1-13(2)28-20-8-7-15(11-19(20)23)22(29-25)27-14(3)17-5-4-6-18-16(9-10-24)12-26-21(17)18/h4-8,11-13,26H,3,9-10,24-25H2,1-2H3. The average Bonchev–Trinajstić information content (AvgIpc) is 3.10. The number of hydrogen-bond acceptors (Lipinski definition) is 5. The van der Waals surface area contributed by atoms with Gasteiger partial charge in [-0.15, -0.1) is 0 Å². The van der Waals surface area contributed by atoms with Crippen molar-refractivity contribution in [2.24, 2.45) is 16.6 Å². The molecule has 0 bridgehead atoms. The Bertz CT molecular complexity index is 1060. The van der Waals surface area contributed by atoms with Gasteiger partial charge in [0.05, 0.1) is 22.3 Å². The van der Waals surface area contributed by atoms with E-state index in [1.54, 1.807) is 18.2 Å². The van der Waals surface area contributed by atoms with Gasteiger partial charge in [-0.2, -0.15) is 5.90 Å². The molecule has 3 aromatic rings. The zero-order valence-corrected chi connectivity index (χ0v) is 17.3. The molecular weight excluding hydrogens is 388 g/mol. The van der Waals surface area contributed by atoms with Crippen LogP contribution in [0.2, 0.25) is 5.02 Å². The summed E-state index contributed by atoms with van der Waals surface area (Å²) in [5.74, 6) is 6.28. The van der Waals surface area contributed by atoms with Crippen LogP contribution in [-0.4, -0.2) is 23.5 Å². The molecule has 1 heterocycles. The van der Waals surface area contributed by atoms with E-state index in [0.717, 1.165) is 28.5 Å². The van der Waals surface area contributed by atoms with Crippen LogP contribution in [0.3, 0.4) is 0 Å². The van der Waals surface area contributed by atoms with Gasteiger partial charge in [0.2, 0.25) is 5.90 Å². The number of aromatic amines is 1. The molecule has 0 amide bonds. The Morgan fingerprint density at radius 2 is 2.07 bits per heavy atom. The summed E-state index contributed by atoms with van der Waals surface area (Å²) in [5.41, 5.74) is 9.79. The van der Waals surface area contributed by atoms with Crippen LogP contribution in [0.5, 0.6) is 5.75 Å². The van der Waals surface area contributed by atoms with Crippen LogP contribution in [0.4, 0.5) is 0 Å². The second kappa shape index (κ2) is 9.13. The summed E-state index contributed by atoms with van der Waals surface area (Å²) in [4.78, 5) is 12.8. The van der Waals surface area contributed by atoms with Gasteiger partial charge in [0.15, 0.2) is 0 Å². The predicted molar refractivity (Wildman–Crippen MR) is 119 cm³/mol. The van der Waals surface area contributed by atoms with Gasteiger partial charge in [0.25, 0.3) is 0 Å². The van der Waals surface area contributed by atoms with Gasteiger partial charge >= 0.3 is 0 Å². The summed E-state index contributed by atoms with van der Waals surface area (Å²) in [6.45, 7) is 8.55. The van der Waals surface area contributed by atoms with E-state index < -0.39 is 0 Å². The van der Waals surface area contributed by atoms with E-state index in [1.165, 1.54) is 0 Å². The van der Waals surface area contributed by atoms with Gasteiger partial charge in [-0.05, 0) is 50.6 Å². The van der Waals surface area contributed by atoms with E-state index in [2.05, 4.69) is 16.6 Å². The minimum Gasteiger partial charge on any atom is -0.489 e. The third-order valence-electron chi connectivity index (χ3n) is 4.42. The van der Waals surface area contributed by atoms with Crippen molar-refractivity contribution in [3.8, 4) is 5.75 Å². The molecule has 0 aliphatic heterocycles. The zero-order chi connectivity index (χ0) is 21.0. The Balaban J connectivity index is 1.95. The SMILES string of the molecule is C=C(N=C(ON)c1ccc(OC(C)C)c(Cl)c1)c1cccc2c(CCN)c[nH]c12. The molecule has 1 aromatic heterocycles. The molecule has 7 heteroatoms. The van der Waals surface area contributed by atoms with Crippen molar-refractivity contribution >= 4 is 34.1 Å². The summed E-state index contributed by atoms with van der Waals surface area (Å²) >= 11 is 6.32. The second-order valence-corrected chi connectivity index (χ2v) is 7.28. The molecule has 0 radical (unpaired) electrons. The predicted octanol–water partition coefficient (Wildman–Crippen LogP) is 4.42. The van der Waals surface area contributed by atoms with Gasteiger partial charge in [-0.25, -0.2) is 4.99 Å². The van der Waals surface area contributed by atoms with Crippen molar-refractivity contribution in [2.45, 2.75) is 26.4 Å². The van der Waals surface area contributed by atoms with Crippen molar-refractivity contribution in [2.75, 3.05) is 6.54 Å². The highest BCUT2D eigenvalue weighted by atomic mass is 35.5. The van der Waals surface area contributed by atoms with Gasteiger partial charge < -0.3 is 20.3 Å². The summed E-state index contributed by atoms with van der Waals surface area (Å²) in [6, 6.07) is 11.2. The van der Waals surface area contributed by atoms with Gasteiger partial charge in [0, 0.05) is 22.7 Å². The Hall–Kier alpha value is -2.80. The molecule has 152 valence electrons. The highest BCUT2D eigenvalue weighted by Gasteiger charge is 2.13. The molecule has 0 saturated carbocycles. The Labute approximate surface area is 175 Å². The monoisotopic (exact) mass is 412 g/mol. The van der Waals surface area contributed by atoms with E-state index >= 15 is 0 Å². The zero-order valence-electron chi connectivity index (χ0n) is 16.5. The van der Waals surface area contributed by atoms with Crippen molar-refractivity contribution < 1.29 is 9.57 Å². The summed E-state index contributed by atoms with van der Waals surface area (Å²) in [5, 5.41) is 1.54. The topological polar surface area (TPSA) is 98.7 Å². The first-order valence-electron chi connectivity index (χ1n) is 9.35. The van der Waals surface area contributed by atoms with Crippen LogP contribution < -0.4 is 16.4 Å². The minimum atomic E-state index is 0.0162. The number of fused-ring (bicyclic) bond motifs is 1. The number of aromatic nitrogens is 1. The van der Waals surface area contributed by atoms with Crippen LogP contribution in [-0.2, 0) is 11.3 Å². The molecule has 0 atom stereocenters. The number of hydrogen-bond donors (Lipinski definition) is 3. The van der Waals surface area contributed by atoms with Gasteiger partial charge in [0.1, 0.15) is 5.75 Å². The Morgan fingerprint density at radius 1 is 1.28 bits per heavy atom. The molecule has 29 heavy (non-hydrogen) atoms. The Morgan fingerprint density at radius 3 is 2.72 bits per heavy atom. The number of nitrogens with one attached hydrogen (secondary N) is 1. The fourth-order valence-corrected chi connectivity index (χ4v) is 3.37. The number of nitrogens with two attached hydrogens (primary N) is 2. The lowest BCUT2D eigenvalue weighted by Gasteiger charge is -2.13. The summed E-state index contributed by atoms with van der Waals surface area (Å²) in [7, 11) is 0. The number of H-pyrrole nitrogens is 1. The molecule has 0 fully saturated rings. The molecule has 2 aromatic carbocycles. The van der Waals surface area contributed by atoms with E-state index in [0.29, 0.717) is 28.6 Å². The number of benzene rings is 2. The molecule has 5 N–H and O–H groups in total. The molecule has 0 aliphatic rings. The number of ether oxygens (including phenoxy) is 1. The first kappa shape index (κ1) is 20.9. The normalized spacial score (nSPS) is 11.9. The van der Waals surface area contributed by atoms with Crippen LogP contribution in [0, 0.1) is 0 Å². The lowest BCUT2D eigenvalue weighted by molar-refractivity contribution is 0.242. The number of nitrogens with zero attached hydrogens (tertiary/aromatic N) is 1. The lowest BCUT2D eigenvalue weighted by atomic mass is 10.1. The number of halogens is 1. The maximum Gasteiger partial charge on any atom is 0.245 e. The minimum absolute atomic E-state index is 0.0162. The van der Waals surface area contributed by atoms with Crippen LogP contribution in [0.15, 0.2) is 54.2 Å². The summed E-state index contributed by atoms with van der Waals surface area (Å²) < 4.78 is 5.66. The molecule has 6 nitrogen and oxygen atoms in total. The third kappa shape index (κ3) is 4.62. The molecule has 0 spiro atoms. The van der Waals surface area contributed by atoms with E-state index in [9.17, 15) is 0 Å². The number of aliphatic imine (C=N–C) groups is 1. The van der Waals surface area contributed by atoms with Crippen LogP contribution in [0.25, 0.3) is 16.6 Å². The maximum atomic E-state index is 6.32. The van der Waals surface area contributed by atoms with Gasteiger partial charge in [-0.3, -0.25) is 0 Å². The number of rotatable bonds is 7. The number of para-hydroxylation sites is 1. The van der Waals surface area contributed by atoms with Crippen LogP contribution in [0.1, 0.15) is 30.5 Å². The highest BCUT2D eigenvalue weighted by molar-refractivity contribution is 6.32. The van der Waals surface area contributed by atoms with E-state index in [-0.39, 0.29) is 12.0 Å². The average molecular weight is 413 g/mol. The maximum absolute atomic E-state index is 6.32. The lowest BCUT2D eigenvalue weighted by Crippen LogP contribution is -2.13.